The van der Waals surface area contributed by atoms with Gasteiger partial charge in [-0.25, -0.2) is 9.18 Å². The zero-order valence-corrected chi connectivity index (χ0v) is 13.8. The van der Waals surface area contributed by atoms with E-state index in [-0.39, 0.29) is 11.3 Å². The van der Waals surface area contributed by atoms with Gasteiger partial charge in [-0.1, -0.05) is 36.4 Å². The maximum Gasteiger partial charge on any atom is 0.353 e. The number of nitrogens with zero attached hydrogens (tertiary/aromatic N) is 2. The van der Waals surface area contributed by atoms with Crippen LogP contribution in [0.2, 0.25) is 0 Å². The molecular formula is C21H15FN2O2. The highest BCUT2D eigenvalue weighted by atomic mass is 19.1. The van der Waals surface area contributed by atoms with Crippen LogP contribution in [0, 0.1) is 5.82 Å². The molecule has 4 nitrogen and oxygen atoms in total. The summed E-state index contributed by atoms with van der Waals surface area (Å²) in [6.07, 6.45) is 3.33. The second-order valence-electron chi connectivity index (χ2n) is 5.97. The molecule has 128 valence electrons. The molecule has 4 aromatic rings. The Hall–Kier alpha value is -3.47. The summed E-state index contributed by atoms with van der Waals surface area (Å²) in [5.74, 6) is -1.53. The fourth-order valence-electron chi connectivity index (χ4n) is 3.30. The summed E-state index contributed by atoms with van der Waals surface area (Å²) in [5.41, 5.74) is 2.44. The van der Waals surface area contributed by atoms with Gasteiger partial charge in [0.1, 0.15) is 11.5 Å². The molecule has 26 heavy (non-hydrogen) atoms. The third kappa shape index (κ3) is 2.63. The monoisotopic (exact) mass is 346 g/mol. The molecule has 5 heteroatoms. The summed E-state index contributed by atoms with van der Waals surface area (Å²) in [5, 5.41) is 10.6. The molecule has 4 rings (SSSR count). The van der Waals surface area contributed by atoms with E-state index in [0.29, 0.717) is 17.5 Å². The number of halogens is 1. The van der Waals surface area contributed by atoms with Crippen molar-refractivity contribution in [2.75, 3.05) is 0 Å². The molecule has 0 unspecified atom stereocenters. The molecule has 0 radical (unpaired) electrons. The number of rotatable bonds is 4. The molecule has 0 saturated carbocycles. The summed E-state index contributed by atoms with van der Waals surface area (Å²) in [7, 11) is 0. The van der Waals surface area contributed by atoms with Gasteiger partial charge in [0, 0.05) is 41.0 Å². The van der Waals surface area contributed by atoms with Gasteiger partial charge in [0.2, 0.25) is 0 Å². The van der Waals surface area contributed by atoms with E-state index in [0.717, 1.165) is 11.1 Å². The summed E-state index contributed by atoms with van der Waals surface area (Å²) >= 11 is 0. The van der Waals surface area contributed by atoms with E-state index in [2.05, 4.69) is 4.98 Å². The van der Waals surface area contributed by atoms with Crippen molar-refractivity contribution in [1.82, 2.24) is 9.55 Å². The van der Waals surface area contributed by atoms with Crippen LogP contribution in [0.15, 0.2) is 73.1 Å². The van der Waals surface area contributed by atoms with Gasteiger partial charge in [-0.05, 0) is 29.8 Å². The van der Waals surface area contributed by atoms with Gasteiger partial charge in [0.15, 0.2) is 0 Å². The van der Waals surface area contributed by atoms with Crippen LogP contribution in [0.1, 0.15) is 16.1 Å². The molecule has 2 aromatic carbocycles. The summed E-state index contributed by atoms with van der Waals surface area (Å²) < 4.78 is 16.2. The molecule has 0 bridgehead atoms. The Kier molecular flexibility index (Phi) is 3.97. The molecule has 0 aliphatic carbocycles. The van der Waals surface area contributed by atoms with E-state index in [4.69, 9.17) is 0 Å². The molecule has 2 aromatic heterocycles. The molecule has 0 saturated heterocycles. The Morgan fingerprint density at radius 1 is 1.00 bits per heavy atom. The number of benzene rings is 2. The van der Waals surface area contributed by atoms with E-state index in [9.17, 15) is 14.3 Å². The Morgan fingerprint density at radius 2 is 1.69 bits per heavy atom. The lowest BCUT2D eigenvalue weighted by Gasteiger charge is -2.09. The van der Waals surface area contributed by atoms with Crippen molar-refractivity contribution in [1.29, 1.82) is 0 Å². The van der Waals surface area contributed by atoms with E-state index in [1.807, 2.05) is 36.4 Å². The third-order valence-electron chi connectivity index (χ3n) is 4.41. The quantitative estimate of drug-likeness (QED) is 0.588. The SMILES string of the molecule is O=C(O)c1c(-c2ccccc2F)c2ccccc2n1Cc1ccncc1. The molecule has 1 N–H and O–H groups in total. The topological polar surface area (TPSA) is 55.1 Å². The lowest BCUT2D eigenvalue weighted by Crippen LogP contribution is -2.10. The number of pyridine rings is 1. The smallest absolute Gasteiger partial charge is 0.353 e. The minimum absolute atomic E-state index is 0.0770. The number of fused-ring (bicyclic) bond motifs is 1. The maximum absolute atomic E-state index is 14.5. The Labute approximate surface area is 149 Å². The predicted molar refractivity (Wildman–Crippen MR) is 97.6 cm³/mol. The van der Waals surface area contributed by atoms with E-state index >= 15 is 0 Å². The molecule has 0 fully saturated rings. The highest BCUT2D eigenvalue weighted by molar-refractivity contribution is 6.08. The first kappa shape index (κ1) is 16.0. The van der Waals surface area contributed by atoms with Crippen molar-refractivity contribution in [3.63, 3.8) is 0 Å². The standard InChI is InChI=1S/C21H15FN2O2/c22-17-7-3-1-5-15(17)19-16-6-2-4-8-18(16)24(20(19)21(25)26)13-14-9-11-23-12-10-14/h1-12H,13H2,(H,25,26). The van der Waals surface area contributed by atoms with Crippen LogP contribution in [0.3, 0.4) is 0 Å². The van der Waals surface area contributed by atoms with Crippen molar-refractivity contribution in [3.05, 3.63) is 90.1 Å². The lowest BCUT2D eigenvalue weighted by molar-refractivity contribution is 0.0687. The Bertz CT molecular complexity index is 1100. The van der Waals surface area contributed by atoms with Crippen LogP contribution >= 0.6 is 0 Å². The second-order valence-corrected chi connectivity index (χ2v) is 5.97. The first-order chi connectivity index (χ1) is 12.7. The number of aromatic nitrogens is 2. The summed E-state index contributed by atoms with van der Waals surface area (Å²) in [6.45, 7) is 0.360. The van der Waals surface area contributed by atoms with E-state index in [1.54, 1.807) is 35.2 Å². The lowest BCUT2D eigenvalue weighted by atomic mass is 10.0. The highest BCUT2D eigenvalue weighted by Gasteiger charge is 2.25. The van der Waals surface area contributed by atoms with Crippen molar-refractivity contribution in [3.8, 4) is 11.1 Å². The van der Waals surface area contributed by atoms with Gasteiger partial charge < -0.3 is 9.67 Å². The zero-order chi connectivity index (χ0) is 18.1. The summed E-state index contributed by atoms with van der Waals surface area (Å²) in [4.78, 5) is 16.1. The first-order valence-electron chi connectivity index (χ1n) is 8.15. The molecule has 0 spiro atoms. The zero-order valence-electron chi connectivity index (χ0n) is 13.8. The Morgan fingerprint density at radius 3 is 2.42 bits per heavy atom. The molecule has 0 aliphatic rings. The van der Waals surface area contributed by atoms with Crippen molar-refractivity contribution < 1.29 is 14.3 Å². The molecule has 2 heterocycles. The minimum Gasteiger partial charge on any atom is -0.477 e. The van der Waals surface area contributed by atoms with Gasteiger partial charge in [0.05, 0.1) is 0 Å². The largest absolute Gasteiger partial charge is 0.477 e. The Balaban J connectivity index is 2.05. The fourth-order valence-corrected chi connectivity index (χ4v) is 3.30. The average molecular weight is 346 g/mol. The minimum atomic E-state index is -1.09. The number of para-hydroxylation sites is 1. The van der Waals surface area contributed by atoms with Crippen molar-refractivity contribution in [2.24, 2.45) is 0 Å². The molecule has 0 amide bonds. The molecule has 0 atom stereocenters. The normalized spacial score (nSPS) is 11.0. The van der Waals surface area contributed by atoms with Crippen molar-refractivity contribution >= 4 is 16.9 Å². The number of carboxylic acids is 1. The maximum atomic E-state index is 14.5. The van der Waals surface area contributed by atoms with Gasteiger partial charge in [-0.2, -0.15) is 0 Å². The third-order valence-corrected chi connectivity index (χ3v) is 4.41. The van der Waals surface area contributed by atoms with Gasteiger partial charge in [0.25, 0.3) is 0 Å². The number of carbonyl (C=O) groups is 1. The van der Waals surface area contributed by atoms with Crippen LogP contribution < -0.4 is 0 Å². The van der Waals surface area contributed by atoms with Crippen LogP contribution in [0.5, 0.6) is 0 Å². The average Bonchev–Trinajstić information content (AvgIpc) is 2.98. The van der Waals surface area contributed by atoms with Crippen LogP contribution in [-0.4, -0.2) is 20.6 Å². The summed E-state index contributed by atoms with van der Waals surface area (Å²) in [6, 6.07) is 17.3. The molecule has 0 aliphatic heterocycles. The predicted octanol–water partition coefficient (Wildman–Crippen LogP) is 4.59. The van der Waals surface area contributed by atoms with E-state index < -0.39 is 11.8 Å². The fraction of sp³-hybridized carbons (Fsp3) is 0.0476. The van der Waals surface area contributed by atoms with Crippen LogP contribution in [0.4, 0.5) is 4.39 Å². The first-order valence-corrected chi connectivity index (χ1v) is 8.15. The highest BCUT2D eigenvalue weighted by Crippen LogP contribution is 2.36. The van der Waals surface area contributed by atoms with E-state index in [1.165, 1.54) is 6.07 Å². The van der Waals surface area contributed by atoms with Gasteiger partial charge in [-0.3, -0.25) is 4.98 Å². The number of hydrogen-bond acceptors (Lipinski definition) is 2. The second kappa shape index (κ2) is 6.44. The van der Waals surface area contributed by atoms with Crippen LogP contribution in [-0.2, 0) is 6.54 Å². The van der Waals surface area contributed by atoms with Crippen LogP contribution in [0.25, 0.3) is 22.0 Å². The number of carboxylic acid groups (broad SMARTS) is 1. The number of hydrogen-bond donors (Lipinski definition) is 1. The molecular weight excluding hydrogens is 331 g/mol. The van der Waals surface area contributed by atoms with Crippen molar-refractivity contribution in [2.45, 2.75) is 6.54 Å². The van der Waals surface area contributed by atoms with Gasteiger partial charge >= 0.3 is 5.97 Å². The number of aromatic carboxylic acids is 1. The van der Waals surface area contributed by atoms with Gasteiger partial charge in [-0.15, -0.1) is 0 Å².